The highest BCUT2D eigenvalue weighted by Crippen LogP contribution is 2.40. The standard InChI is InChI=1S/C25H34F2N4O5S/c1-6-30-21-13-29(12-19(21)28-23(30)37(34,35)7-2)16-11-20(31(24(32)33)25(3,4)5)22(36-14-16)17-10-15(26)8-9-18(17)27/h8-10,16,20,22H,6-7,11-14H2,1-5H3,(H,32,33)/t16-,20+,22-/m1/s1. The molecule has 204 valence electrons. The normalized spacial score (nSPS) is 22.7. The van der Waals surface area contributed by atoms with Gasteiger partial charge in [-0.15, -0.1) is 0 Å². The van der Waals surface area contributed by atoms with E-state index in [-0.39, 0.29) is 29.1 Å². The van der Waals surface area contributed by atoms with Gasteiger partial charge in [0, 0.05) is 36.8 Å². The number of hydrogen-bond donors (Lipinski definition) is 1. The predicted octanol–water partition coefficient (Wildman–Crippen LogP) is 3.97. The van der Waals surface area contributed by atoms with Crippen LogP contribution in [-0.2, 0) is 34.2 Å². The zero-order valence-corrected chi connectivity index (χ0v) is 22.6. The van der Waals surface area contributed by atoms with Crippen molar-refractivity contribution in [2.24, 2.45) is 0 Å². The zero-order chi connectivity index (χ0) is 27.3. The molecular weight excluding hydrogens is 506 g/mol. The molecular formula is C25H34F2N4O5S. The topological polar surface area (TPSA) is 105 Å². The van der Waals surface area contributed by atoms with Gasteiger partial charge < -0.3 is 14.4 Å². The molecule has 2 aliphatic rings. The molecule has 1 amide bonds. The molecule has 37 heavy (non-hydrogen) atoms. The maximum absolute atomic E-state index is 14.8. The Bertz CT molecular complexity index is 1290. The lowest BCUT2D eigenvalue weighted by molar-refractivity contribution is -0.103. The van der Waals surface area contributed by atoms with Crippen molar-refractivity contribution in [1.82, 2.24) is 19.4 Å². The summed E-state index contributed by atoms with van der Waals surface area (Å²) < 4.78 is 61.8. The summed E-state index contributed by atoms with van der Waals surface area (Å²) in [6.45, 7) is 10.1. The van der Waals surface area contributed by atoms with Gasteiger partial charge in [-0.2, -0.15) is 0 Å². The number of aromatic nitrogens is 2. The van der Waals surface area contributed by atoms with Crippen LogP contribution in [0.4, 0.5) is 13.6 Å². The lowest BCUT2D eigenvalue weighted by Crippen LogP contribution is -2.58. The van der Waals surface area contributed by atoms with E-state index in [1.54, 1.807) is 32.3 Å². The summed E-state index contributed by atoms with van der Waals surface area (Å²) in [6.07, 6.45) is -1.85. The number of rotatable bonds is 6. The first kappa shape index (κ1) is 27.5. The Morgan fingerprint density at radius 2 is 1.95 bits per heavy atom. The number of imidazole rings is 1. The van der Waals surface area contributed by atoms with Crippen LogP contribution >= 0.6 is 0 Å². The van der Waals surface area contributed by atoms with Crippen molar-refractivity contribution in [3.8, 4) is 0 Å². The lowest BCUT2D eigenvalue weighted by Gasteiger charge is -2.48. The number of carboxylic acid groups (broad SMARTS) is 1. The van der Waals surface area contributed by atoms with Gasteiger partial charge in [0.25, 0.3) is 0 Å². The van der Waals surface area contributed by atoms with Crippen LogP contribution in [0.3, 0.4) is 0 Å². The largest absolute Gasteiger partial charge is 0.465 e. The Hall–Kier alpha value is -2.57. The second-order valence-corrected chi connectivity index (χ2v) is 12.7. The van der Waals surface area contributed by atoms with Gasteiger partial charge in [0.05, 0.1) is 29.8 Å². The molecule has 4 rings (SSSR count). The van der Waals surface area contributed by atoms with Crippen LogP contribution in [0.1, 0.15) is 64.1 Å². The minimum absolute atomic E-state index is 0.0165. The molecule has 1 fully saturated rings. The van der Waals surface area contributed by atoms with Gasteiger partial charge in [-0.25, -0.2) is 27.0 Å². The van der Waals surface area contributed by atoms with E-state index in [4.69, 9.17) is 4.74 Å². The van der Waals surface area contributed by atoms with Gasteiger partial charge >= 0.3 is 6.09 Å². The van der Waals surface area contributed by atoms with Crippen molar-refractivity contribution in [2.75, 3.05) is 12.4 Å². The van der Waals surface area contributed by atoms with Gasteiger partial charge in [0.1, 0.15) is 17.7 Å². The van der Waals surface area contributed by atoms with Crippen LogP contribution in [0.15, 0.2) is 23.4 Å². The molecule has 0 unspecified atom stereocenters. The molecule has 12 heteroatoms. The van der Waals surface area contributed by atoms with E-state index in [0.29, 0.717) is 31.7 Å². The molecule has 1 aromatic heterocycles. The molecule has 2 aliphatic heterocycles. The van der Waals surface area contributed by atoms with Crippen molar-refractivity contribution < 1.29 is 31.8 Å². The van der Waals surface area contributed by atoms with E-state index in [1.807, 2.05) is 6.92 Å². The van der Waals surface area contributed by atoms with Gasteiger partial charge in [-0.05, 0) is 52.3 Å². The smallest absolute Gasteiger partial charge is 0.408 e. The molecule has 9 nitrogen and oxygen atoms in total. The van der Waals surface area contributed by atoms with Crippen LogP contribution in [0, 0.1) is 11.6 Å². The summed E-state index contributed by atoms with van der Waals surface area (Å²) >= 11 is 0. The summed E-state index contributed by atoms with van der Waals surface area (Å²) in [7, 11) is -3.48. The van der Waals surface area contributed by atoms with Crippen molar-refractivity contribution in [1.29, 1.82) is 0 Å². The monoisotopic (exact) mass is 540 g/mol. The minimum atomic E-state index is -3.48. The Labute approximate surface area is 216 Å². The highest BCUT2D eigenvalue weighted by atomic mass is 32.2. The Kier molecular flexibility index (Phi) is 7.39. The molecule has 3 heterocycles. The van der Waals surface area contributed by atoms with E-state index in [2.05, 4.69) is 9.88 Å². The van der Waals surface area contributed by atoms with Gasteiger partial charge in [0.15, 0.2) is 0 Å². The number of benzene rings is 1. The Morgan fingerprint density at radius 3 is 2.54 bits per heavy atom. The highest BCUT2D eigenvalue weighted by molar-refractivity contribution is 7.91. The van der Waals surface area contributed by atoms with E-state index < -0.39 is 45.2 Å². The number of amides is 1. The number of hydrogen-bond acceptors (Lipinski definition) is 6. The fraction of sp³-hybridized carbons (Fsp3) is 0.600. The second kappa shape index (κ2) is 9.95. The third-order valence-electron chi connectivity index (χ3n) is 7.17. The van der Waals surface area contributed by atoms with Crippen molar-refractivity contribution in [2.45, 2.75) is 89.6 Å². The maximum atomic E-state index is 14.8. The molecule has 0 bridgehead atoms. The molecule has 0 aliphatic carbocycles. The average molecular weight is 541 g/mol. The quantitative estimate of drug-likeness (QED) is 0.591. The van der Waals surface area contributed by atoms with Crippen molar-refractivity contribution >= 4 is 15.9 Å². The summed E-state index contributed by atoms with van der Waals surface area (Å²) in [5, 5.41) is 10.2. The first-order valence-corrected chi connectivity index (χ1v) is 14.1. The Balaban J connectivity index is 1.66. The number of carbonyl (C=O) groups is 1. The summed E-state index contributed by atoms with van der Waals surface area (Å²) in [5.41, 5.74) is 0.642. The average Bonchev–Trinajstić information content (AvgIpc) is 3.38. The number of ether oxygens (including phenoxy) is 1. The molecule has 1 N–H and O–H groups in total. The van der Waals surface area contributed by atoms with Gasteiger partial charge in [-0.3, -0.25) is 9.80 Å². The third-order valence-corrected chi connectivity index (χ3v) is 8.80. The van der Waals surface area contributed by atoms with Gasteiger partial charge in [-0.1, -0.05) is 6.92 Å². The molecule has 1 aromatic carbocycles. The zero-order valence-electron chi connectivity index (χ0n) is 21.7. The van der Waals surface area contributed by atoms with Gasteiger partial charge in [0.2, 0.25) is 15.0 Å². The maximum Gasteiger partial charge on any atom is 0.408 e. The van der Waals surface area contributed by atoms with Crippen molar-refractivity contribution in [3.63, 3.8) is 0 Å². The van der Waals surface area contributed by atoms with E-state index in [1.165, 1.54) is 4.90 Å². The van der Waals surface area contributed by atoms with Crippen LogP contribution in [0.2, 0.25) is 0 Å². The molecule has 3 atom stereocenters. The van der Waals surface area contributed by atoms with Crippen LogP contribution in [-0.4, -0.2) is 69.0 Å². The van der Waals surface area contributed by atoms with E-state index >= 15 is 0 Å². The fourth-order valence-corrected chi connectivity index (χ4v) is 6.54. The molecule has 2 aromatic rings. The van der Waals surface area contributed by atoms with E-state index in [0.717, 1.165) is 23.9 Å². The first-order chi connectivity index (χ1) is 17.3. The molecule has 1 saturated heterocycles. The fourth-order valence-electron chi connectivity index (χ4n) is 5.45. The molecule has 0 radical (unpaired) electrons. The molecule has 0 saturated carbocycles. The second-order valence-electron chi connectivity index (χ2n) is 10.5. The minimum Gasteiger partial charge on any atom is -0.465 e. The summed E-state index contributed by atoms with van der Waals surface area (Å²) in [5.74, 6) is -1.33. The van der Waals surface area contributed by atoms with Crippen LogP contribution < -0.4 is 0 Å². The summed E-state index contributed by atoms with van der Waals surface area (Å²) in [4.78, 5) is 20.2. The number of sulfone groups is 1. The van der Waals surface area contributed by atoms with Crippen LogP contribution in [0.25, 0.3) is 0 Å². The molecule has 0 spiro atoms. The van der Waals surface area contributed by atoms with E-state index in [9.17, 15) is 27.1 Å². The number of halogens is 2. The Morgan fingerprint density at radius 1 is 1.24 bits per heavy atom. The third kappa shape index (κ3) is 5.10. The summed E-state index contributed by atoms with van der Waals surface area (Å²) in [6, 6.07) is 2.07. The predicted molar refractivity (Wildman–Crippen MR) is 132 cm³/mol. The number of nitrogens with zero attached hydrogens (tertiary/aromatic N) is 4. The first-order valence-electron chi connectivity index (χ1n) is 12.4. The SMILES string of the molecule is CCn1c(S(=O)(=O)CC)nc2c1CN([C@H]1CO[C@H](c3cc(F)ccc3F)[C@@H](N(C(=O)O)C(C)(C)C)C1)C2. The lowest BCUT2D eigenvalue weighted by atomic mass is 9.88. The number of fused-ring (bicyclic) bond motifs is 1. The van der Waals surface area contributed by atoms with Crippen LogP contribution in [0.5, 0.6) is 0 Å². The highest BCUT2D eigenvalue weighted by Gasteiger charge is 2.46. The van der Waals surface area contributed by atoms with Crippen molar-refractivity contribution in [3.05, 3.63) is 46.8 Å².